The summed E-state index contributed by atoms with van der Waals surface area (Å²) in [6, 6.07) is 18.8. The number of rotatable bonds is 6. The summed E-state index contributed by atoms with van der Waals surface area (Å²) in [4.78, 5) is 4.55. The highest BCUT2D eigenvalue weighted by molar-refractivity contribution is 5.92. The third kappa shape index (κ3) is 3.34. The van der Waals surface area contributed by atoms with Crippen molar-refractivity contribution in [3.63, 3.8) is 0 Å². The van der Waals surface area contributed by atoms with Crippen LogP contribution >= 0.6 is 0 Å². The lowest BCUT2D eigenvalue weighted by molar-refractivity contribution is 0.415. The standard InChI is InChI=1S/C20H23N3O/c1-14(21-2)19(15-8-5-4-6-9-15)23-18-13-17(24-3)12-16-10-7-11-22-20(16)18/h4-14,19,21,23H,1-3H3/t14-,19-/m1/s1. The molecular formula is C20H23N3O. The number of methoxy groups -OCH3 is 1. The highest BCUT2D eigenvalue weighted by Crippen LogP contribution is 2.31. The summed E-state index contributed by atoms with van der Waals surface area (Å²) in [7, 11) is 3.66. The van der Waals surface area contributed by atoms with Crippen LogP contribution in [0, 0.1) is 0 Å². The molecule has 1 aromatic heterocycles. The van der Waals surface area contributed by atoms with E-state index in [-0.39, 0.29) is 12.1 Å². The zero-order valence-electron chi connectivity index (χ0n) is 14.3. The van der Waals surface area contributed by atoms with Crippen LogP contribution in [0.1, 0.15) is 18.5 Å². The average Bonchev–Trinajstić information content (AvgIpc) is 2.65. The zero-order chi connectivity index (χ0) is 16.9. The number of nitrogens with zero attached hydrogens (tertiary/aromatic N) is 1. The molecule has 0 fully saturated rings. The molecule has 4 nitrogen and oxygen atoms in total. The Hall–Kier alpha value is -2.59. The fourth-order valence-electron chi connectivity index (χ4n) is 2.88. The highest BCUT2D eigenvalue weighted by Gasteiger charge is 2.19. The maximum atomic E-state index is 5.45. The molecule has 0 radical (unpaired) electrons. The fraction of sp³-hybridized carbons (Fsp3) is 0.250. The van der Waals surface area contributed by atoms with Gasteiger partial charge in [0.15, 0.2) is 0 Å². The molecule has 0 bridgehead atoms. The Kier molecular flexibility index (Phi) is 4.96. The van der Waals surface area contributed by atoms with Gasteiger partial charge in [-0.25, -0.2) is 0 Å². The van der Waals surface area contributed by atoms with E-state index < -0.39 is 0 Å². The van der Waals surface area contributed by atoms with E-state index in [1.807, 2.05) is 37.5 Å². The van der Waals surface area contributed by atoms with Crippen LogP contribution < -0.4 is 15.4 Å². The van der Waals surface area contributed by atoms with Crippen LogP contribution in [0.15, 0.2) is 60.8 Å². The van der Waals surface area contributed by atoms with Crippen LogP contribution in [-0.4, -0.2) is 25.2 Å². The number of benzene rings is 2. The zero-order valence-corrected chi connectivity index (χ0v) is 14.3. The van der Waals surface area contributed by atoms with Gasteiger partial charge >= 0.3 is 0 Å². The molecule has 0 unspecified atom stereocenters. The lowest BCUT2D eigenvalue weighted by atomic mass is 9.99. The van der Waals surface area contributed by atoms with E-state index >= 15 is 0 Å². The van der Waals surface area contributed by atoms with E-state index in [0.29, 0.717) is 0 Å². The minimum absolute atomic E-state index is 0.119. The van der Waals surface area contributed by atoms with E-state index in [0.717, 1.165) is 22.3 Å². The predicted octanol–water partition coefficient (Wildman–Crippen LogP) is 4.00. The number of ether oxygens (including phenoxy) is 1. The second kappa shape index (κ2) is 7.32. The maximum Gasteiger partial charge on any atom is 0.121 e. The van der Waals surface area contributed by atoms with Crippen LogP contribution in [0.5, 0.6) is 5.75 Å². The van der Waals surface area contributed by atoms with Crippen molar-refractivity contribution in [3.8, 4) is 5.75 Å². The number of fused-ring (bicyclic) bond motifs is 1. The van der Waals surface area contributed by atoms with Crippen LogP contribution in [0.25, 0.3) is 10.9 Å². The molecule has 24 heavy (non-hydrogen) atoms. The number of hydrogen-bond donors (Lipinski definition) is 2. The van der Waals surface area contributed by atoms with Gasteiger partial charge in [-0.05, 0) is 31.7 Å². The van der Waals surface area contributed by atoms with Crippen molar-refractivity contribution in [2.45, 2.75) is 19.0 Å². The Balaban J connectivity index is 2.05. The van der Waals surface area contributed by atoms with Gasteiger partial charge in [0.05, 0.1) is 24.4 Å². The van der Waals surface area contributed by atoms with Gasteiger partial charge in [0.2, 0.25) is 0 Å². The Morgan fingerprint density at radius 3 is 2.54 bits per heavy atom. The highest BCUT2D eigenvalue weighted by atomic mass is 16.5. The monoisotopic (exact) mass is 321 g/mol. The van der Waals surface area contributed by atoms with Crippen LogP contribution in [0.2, 0.25) is 0 Å². The SMILES string of the molecule is CN[C@H](C)[C@@H](Nc1cc(OC)cc2cccnc12)c1ccccc1. The first-order chi connectivity index (χ1) is 11.7. The van der Waals surface area contributed by atoms with Crippen molar-refractivity contribution in [2.24, 2.45) is 0 Å². The summed E-state index contributed by atoms with van der Waals surface area (Å²) in [5.74, 6) is 0.821. The molecule has 0 amide bonds. The molecule has 2 atom stereocenters. The van der Waals surface area contributed by atoms with E-state index in [1.165, 1.54) is 5.56 Å². The van der Waals surface area contributed by atoms with Crippen molar-refractivity contribution >= 4 is 16.6 Å². The molecule has 0 aliphatic rings. The first kappa shape index (κ1) is 16.3. The number of likely N-dealkylation sites (N-methyl/N-ethyl adjacent to an activating group) is 1. The van der Waals surface area contributed by atoms with Crippen LogP contribution in [0.4, 0.5) is 5.69 Å². The largest absolute Gasteiger partial charge is 0.497 e. The topological polar surface area (TPSA) is 46.2 Å². The van der Waals surface area contributed by atoms with Gasteiger partial charge in [-0.3, -0.25) is 4.98 Å². The molecule has 1 heterocycles. The molecule has 0 aliphatic carbocycles. The van der Waals surface area contributed by atoms with Crippen molar-refractivity contribution in [1.29, 1.82) is 0 Å². The smallest absolute Gasteiger partial charge is 0.121 e. The molecule has 124 valence electrons. The maximum absolute atomic E-state index is 5.45. The molecule has 2 aromatic carbocycles. The van der Waals surface area contributed by atoms with Gasteiger partial charge in [0.1, 0.15) is 5.75 Å². The van der Waals surface area contributed by atoms with E-state index in [2.05, 4.69) is 52.9 Å². The minimum Gasteiger partial charge on any atom is -0.497 e. The quantitative estimate of drug-likeness (QED) is 0.720. The number of hydrogen-bond acceptors (Lipinski definition) is 4. The molecule has 2 N–H and O–H groups in total. The van der Waals surface area contributed by atoms with Gasteiger partial charge < -0.3 is 15.4 Å². The van der Waals surface area contributed by atoms with Crippen LogP contribution in [-0.2, 0) is 0 Å². The molecule has 0 spiro atoms. The van der Waals surface area contributed by atoms with Crippen molar-refractivity contribution in [3.05, 3.63) is 66.4 Å². The summed E-state index contributed by atoms with van der Waals surface area (Å²) in [5, 5.41) is 8.06. The molecule has 3 aromatic rings. The van der Waals surface area contributed by atoms with E-state index in [1.54, 1.807) is 7.11 Å². The molecule has 0 saturated heterocycles. The second-order valence-electron chi connectivity index (χ2n) is 5.86. The molecule has 4 heteroatoms. The first-order valence-corrected chi connectivity index (χ1v) is 8.14. The van der Waals surface area contributed by atoms with Gasteiger partial charge in [-0.1, -0.05) is 36.4 Å². The Morgan fingerprint density at radius 1 is 1.04 bits per heavy atom. The fourth-order valence-corrected chi connectivity index (χ4v) is 2.88. The first-order valence-electron chi connectivity index (χ1n) is 8.14. The van der Waals surface area contributed by atoms with Gasteiger partial charge in [-0.15, -0.1) is 0 Å². The molecule has 0 saturated carbocycles. The lowest BCUT2D eigenvalue weighted by Crippen LogP contribution is -2.33. The predicted molar refractivity (Wildman–Crippen MR) is 99.6 cm³/mol. The van der Waals surface area contributed by atoms with Gasteiger partial charge in [0, 0.05) is 23.7 Å². The van der Waals surface area contributed by atoms with Crippen molar-refractivity contribution in [2.75, 3.05) is 19.5 Å². The molecule has 0 aliphatic heterocycles. The summed E-state index contributed by atoms with van der Waals surface area (Å²) in [5.41, 5.74) is 3.15. The molecular weight excluding hydrogens is 298 g/mol. The van der Waals surface area contributed by atoms with Crippen molar-refractivity contribution in [1.82, 2.24) is 10.3 Å². The summed E-state index contributed by atoms with van der Waals surface area (Å²) in [6.45, 7) is 2.17. The van der Waals surface area contributed by atoms with Crippen molar-refractivity contribution < 1.29 is 4.74 Å². The van der Waals surface area contributed by atoms with Crippen LogP contribution in [0.3, 0.4) is 0 Å². The van der Waals surface area contributed by atoms with Gasteiger partial charge in [0.25, 0.3) is 0 Å². The Morgan fingerprint density at radius 2 is 1.83 bits per heavy atom. The van der Waals surface area contributed by atoms with E-state index in [4.69, 9.17) is 4.74 Å². The third-order valence-corrected chi connectivity index (χ3v) is 4.34. The lowest BCUT2D eigenvalue weighted by Gasteiger charge is -2.27. The number of nitrogens with one attached hydrogen (secondary N) is 2. The summed E-state index contributed by atoms with van der Waals surface area (Å²) in [6.07, 6.45) is 1.82. The Labute approximate surface area is 142 Å². The normalized spacial score (nSPS) is 13.5. The van der Waals surface area contributed by atoms with E-state index in [9.17, 15) is 0 Å². The summed E-state index contributed by atoms with van der Waals surface area (Å²) >= 11 is 0. The molecule has 3 rings (SSSR count). The number of pyridine rings is 1. The average molecular weight is 321 g/mol. The third-order valence-electron chi connectivity index (χ3n) is 4.34. The van der Waals surface area contributed by atoms with Gasteiger partial charge in [-0.2, -0.15) is 0 Å². The minimum atomic E-state index is 0.119. The summed E-state index contributed by atoms with van der Waals surface area (Å²) < 4.78 is 5.45. The number of anilines is 1. The Bertz CT molecular complexity index is 804. The number of aromatic nitrogens is 1. The second-order valence-corrected chi connectivity index (χ2v) is 5.86.